The second-order valence-electron chi connectivity index (χ2n) is 6.05. The summed E-state index contributed by atoms with van der Waals surface area (Å²) in [6, 6.07) is 14.4. The molecule has 3 aromatic rings. The van der Waals surface area contributed by atoms with E-state index in [2.05, 4.69) is 20.3 Å². The monoisotopic (exact) mass is 382 g/mol. The van der Waals surface area contributed by atoms with Crippen LogP contribution in [0.3, 0.4) is 0 Å². The maximum absolute atomic E-state index is 14.2. The highest BCUT2D eigenvalue weighted by Gasteiger charge is 2.34. The van der Waals surface area contributed by atoms with E-state index in [9.17, 15) is 8.78 Å². The molecule has 1 aromatic carbocycles. The van der Waals surface area contributed by atoms with Gasteiger partial charge in [-0.2, -0.15) is 8.78 Å². The summed E-state index contributed by atoms with van der Waals surface area (Å²) in [5, 5.41) is 3.84. The summed E-state index contributed by atoms with van der Waals surface area (Å²) in [5.41, 5.74) is 1.27. The molecule has 2 aromatic heterocycles. The zero-order chi connectivity index (χ0) is 18.7. The lowest BCUT2D eigenvalue weighted by Gasteiger charge is -2.18. The molecule has 7 heteroatoms. The number of hydrogen-bond acceptors (Lipinski definition) is 5. The average molecular weight is 382 g/mol. The Labute approximate surface area is 159 Å². The smallest absolute Gasteiger partial charge is 0.280 e. The Morgan fingerprint density at radius 2 is 1.96 bits per heavy atom. The molecule has 0 amide bonds. The molecular formula is C20H16F2N4S. The number of rotatable bonds is 5. The van der Waals surface area contributed by atoms with Crippen LogP contribution in [0.15, 0.2) is 70.8 Å². The van der Waals surface area contributed by atoms with E-state index in [4.69, 9.17) is 0 Å². The van der Waals surface area contributed by atoms with Crippen LogP contribution >= 0.6 is 11.8 Å². The van der Waals surface area contributed by atoms with Crippen molar-refractivity contribution in [3.05, 3.63) is 77.1 Å². The fourth-order valence-electron chi connectivity index (χ4n) is 2.73. The zero-order valence-corrected chi connectivity index (χ0v) is 15.0. The number of pyridine rings is 2. The van der Waals surface area contributed by atoms with E-state index in [-0.39, 0.29) is 5.69 Å². The summed E-state index contributed by atoms with van der Waals surface area (Å²) < 4.78 is 28.4. The van der Waals surface area contributed by atoms with Crippen LogP contribution in [-0.2, 0) is 5.92 Å². The average Bonchev–Trinajstić information content (AvgIpc) is 3.14. The van der Waals surface area contributed by atoms with E-state index in [0.717, 1.165) is 21.4 Å². The molecule has 1 aliphatic heterocycles. The van der Waals surface area contributed by atoms with Crippen LogP contribution in [0.5, 0.6) is 0 Å². The normalized spacial score (nSPS) is 18.4. The standard InChI is InChI=1S/C20H16F2N4S/c21-20(22,18-5-1-2-8-24-18)13-26-19-25-12-16(27-19)11-14-6-7-17-15(10-14)4-3-9-23-17/h1-12,19,26H,13H2/b16-11-. The summed E-state index contributed by atoms with van der Waals surface area (Å²) in [6.45, 7) is -0.520. The molecule has 0 bridgehead atoms. The first kappa shape index (κ1) is 17.8. The van der Waals surface area contributed by atoms with Crippen LogP contribution in [0.2, 0.25) is 0 Å². The number of nitrogens with zero attached hydrogens (tertiary/aromatic N) is 3. The summed E-state index contributed by atoms with van der Waals surface area (Å²) in [7, 11) is 0. The largest absolute Gasteiger partial charge is 0.301 e. The molecule has 0 saturated heterocycles. The van der Waals surface area contributed by atoms with Crippen molar-refractivity contribution in [1.82, 2.24) is 15.3 Å². The minimum absolute atomic E-state index is 0.245. The molecule has 27 heavy (non-hydrogen) atoms. The number of halogens is 2. The van der Waals surface area contributed by atoms with Crippen molar-refractivity contribution in [2.45, 2.75) is 11.4 Å². The highest BCUT2D eigenvalue weighted by atomic mass is 32.2. The van der Waals surface area contributed by atoms with Gasteiger partial charge in [-0.15, -0.1) is 0 Å². The first-order chi connectivity index (χ1) is 13.1. The number of hydrogen-bond donors (Lipinski definition) is 1. The second kappa shape index (κ2) is 7.54. The zero-order valence-electron chi connectivity index (χ0n) is 14.2. The van der Waals surface area contributed by atoms with Crippen LogP contribution in [0.1, 0.15) is 11.3 Å². The van der Waals surface area contributed by atoms with E-state index in [1.165, 1.54) is 24.0 Å². The maximum atomic E-state index is 14.2. The minimum Gasteiger partial charge on any atom is -0.280 e. The van der Waals surface area contributed by atoms with Gasteiger partial charge in [0.1, 0.15) is 5.69 Å². The van der Waals surface area contributed by atoms with Crippen molar-refractivity contribution in [3.8, 4) is 0 Å². The summed E-state index contributed by atoms with van der Waals surface area (Å²) in [6.07, 6.45) is 6.82. The Kier molecular flexibility index (Phi) is 4.96. The molecule has 0 spiro atoms. The highest BCUT2D eigenvalue weighted by Crippen LogP contribution is 2.30. The molecule has 3 heterocycles. The lowest BCUT2D eigenvalue weighted by Crippen LogP contribution is -2.35. The van der Waals surface area contributed by atoms with E-state index in [0.29, 0.717) is 0 Å². The second-order valence-corrected chi connectivity index (χ2v) is 7.20. The fourth-order valence-corrected chi connectivity index (χ4v) is 3.60. The van der Waals surface area contributed by atoms with Crippen LogP contribution in [0, 0.1) is 0 Å². The van der Waals surface area contributed by atoms with Gasteiger partial charge in [0.15, 0.2) is 5.50 Å². The summed E-state index contributed by atoms with van der Waals surface area (Å²) in [4.78, 5) is 13.2. The minimum atomic E-state index is -3.05. The number of aromatic nitrogens is 2. The summed E-state index contributed by atoms with van der Waals surface area (Å²) in [5.74, 6) is -3.05. The van der Waals surface area contributed by atoms with Gasteiger partial charge in [-0.25, -0.2) is 0 Å². The van der Waals surface area contributed by atoms with Gasteiger partial charge in [0.25, 0.3) is 0 Å². The predicted octanol–water partition coefficient (Wildman–Crippen LogP) is 4.45. The molecular weight excluding hydrogens is 366 g/mol. The van der Waals surface area contributed by atoms with Crippen LogP contribution < -0.4 is 5.32 Å². The molecule has 0 aliphatic carbocycles. The van der Waals surface area contributed by atoms with Gasteiger partial charge in [0.2, 0.25) is 0 Å². The van der Waals surface area contributed by atoms with Crippen LogP contribution in [0.4, 0.5) is 8.78 Å². The Morgan fingerprint density at radius 3 is 2.81 bits per heavy atom. The van der Waals surface area contributed by atoms with Gasteiger partial charge >= 0.3 is 5.92 Å². The SMILES string of the molecule is FC(F)(CNC1N=C/C(=C/c2ccc3ncccc3c2)S1)c1ccccn1. The Balaban J connectivity index is 1.40. The Bertz CT molecular complexity index is 1010. The molecule has 1 unspecified atom stereocenters. The molecule has 4 nitrogen and oxygen atoms in total. The molecule has 1 N–H and O–H groups in total. The Hall–Kier alpha value is -2.64. The van der Waals surface area contributed by atoms with Gasteiger partial charge < -0.3 is 0 Å². The molecule has 0 saturated carbocycles. The van der Waals surface area contributed by atoms with E-state index >= 15 is 0 Å². The number of fused-ring (bicyclic) bond motifs is 1. The highest BCUT2D eigenvalue weighted by molar-refractivity contribution is 8.04. The van der Waals surface area contributed by atoms with E-state index in [1.54, 1.807) is 24.5 Å². The van der Waals surface area contributed by atoms with Crippen LogP contribution in [0.25, 0.3) is 17.0 Å². The predicted molar refractivity (Wildman–Crippen MR) is 106 cm³/mol. The van der Waals surface area contributed by atoms with Gasteiger partial charge in [0.05, 0.1) is 12.1 Å². The fraction of sp³-hybridized carbons (Fsp3) is 0.150. The third kappa shape index (κ3) is 4.20. The molecule has 0 fully saturated rings. The lowest BCUT2D eigenvalue weighted by molar-refractivity contribution is -0.00786. The van der Waals surface area contributed by atoms with Crippen molar-refractivity contribution in [2.75, 3.05) is 6.54 Å². The molecule has 1 aliphatic rings. The van der Waals surface area contributed by atoms with Crippen molar-refractivity contribution in [2.24, 2.45) is 4.99 Å². The third-order valence-corrected chi connectivity index (χ3v) is 5.07. The molecule has 4 rings (SSSR count). The van der Waals surface area contributed by atoms with Gasteiger partial charge in [0, 0.05) is 28.9 Å². The van der Waals surface area contributed by atoms with Crippen molar-refractivity contribution in [3.63, 3.8) is 0 Å². The molecule has 136 valence electrons. The Morgan fingerprint density at radius 1 is 1.07 bits per heavy atom. The summed E-state index contributed by atoms with van der Waals surface area (Å²) >= 11 is 1.41. The van der Waals surface area contributed by atoms with Gasteiger partial charge in [-0.1, -0.05) is 30.0 Å². The number of benzene rings is 1. The van der Waals surface area contributed by atoms with E-state index in [1.807, 2.05) is 36.4 Å². The number of thioether (sulfide) groups is 1. The van der Waals surface area contributed by atoms with Gasteiger partial charge in [-0.05, 0) is 42.0 Å². The number of allylic oxidation sites excluding steroid dienone is 1. The first-order valence-corrected chi connectivity index (χ1v) is 9.27. The molecule has 1 atom stereocenters. The number of nitrogens with one attached hydrogen (secondary N) is 1. The lowest BCUT2D eigenvalue weighted by atomic mass is 10.1. The van der Waals surface area contributed by atoms with Crippen LogP contribution in [-0.4, -0.2) is 28.2 Å². The number of alkyl halides is 2. The molecule has 0 radical (unpaired) electrons. The van der Waals surface area contributed by atoms with Crippen molar-refractivity contribution < 1.29 is 8.78 Å². The first-order valence-electron chi connectivity index (χ1n) is 8.39. The topological polar surface area (TPSA) is 50.2 Å². The van der Waals surface area contributed by atoms with Crippen molar-refractivity contribution >= 4 is 35.0 Å². The van der Waals surface area contributed by atoms with Gasteiger partial charge in [-0.3, -0.25) is 20.3 Å². The quantitative estimate of drug-likeness (QED) is 0.708. The van der Waals surface area contributed by atoms with E-state index < -0.39 is 18.0 Å². The van der Waals surface area contributed by atoms with Crippen molar-refractivity contribution in [1.29, 1.82) is 0 Å². The third-order valence-electron chi connectivity index (χ3n) is 4.06. The maximum Gasteiger partial charge on any atom is 0.301 e. The number of aliphatic imine (C=N–C) groups is 1.